The molecule has 0 aliphatic heterocycles. The van der Waals surface area contributed by atoms with Gasteiger partial charge in [0.25, 0.3) is 0 Å². The Morgan fingerprint density at radius 1 is 1.11 bits per heavy atom. The van der Waals surface area contributed by atoms with Crippen LogP contribution >= 0.6 is 0 Å². The fraction of sp³-hybridized carbons (Fsp3) is 0.667. The standard InChI is InChI=1S/C18H26O/c1-17(2)8-6-15(7-9-17)16-5-3-4-14(12-16)13-18(19)10-11-18/h3-5,12,15,19H,6-11,13H2,1-2H3. The highest BCUT2D eigenvalue weighted by atomic mass is 16.3. The van der Waals surface area contributed by atoms with E-state index in [-0.39, 0.29) is 5.60 Å². The zero-order valence-corrected chi connectivity index (χ0v) is 12.3. The van der Waals surface area contributed by atoms with Crippen molar-refractivity contribution in [2.45, 2.75) is 70.3 Å². The van der Waals surface area contributed by atoms with Gasteiger partial charge in [-0.05, 0) is 61.0 Å². The first-order valence-corrected chi connectivity index (χ1v) is 7.77. The molecule has 2 saturated carbocycles. The highest BCUT2D eigenvalue weighted by Crippen LogP contribution is 2.43. The van der Waals surface area contributed by atoms with Crippen LogP contribution in [0.4, 0.5) is 0 Å². The van der Waals surface area contributed by atoms with E-state index < -0.39 is 0 Å². The van der Waals surface area contributed by atoms with Crippen LogP contribution in [0.3, 0.4) is 0 Å². The molecular formula is C18H26O. The average Bonchev–Trinajstić information content (AvgIpc) is 3.07. The lowest BCUT2D eigenvalue weighted by Crippen LogP contribution is -2.20. The molecule has 1 aromatic rings. The average molecular weight is 258 g/mol. The fourth-order valence-electron chi connectivity index (χ4n) is 3.39. The van der Waals surface area contributed by atoms with Crippen molar-refractivity contribution in [3.8, 4) is 0 Å². The maximum absolute atomic E-state index is 10.1. The second kappa shape index (κ2) is 4.63. The van der Waals surface area contributed by atoms with E-state index in [0.717, 1.165) is 25.2 Å². The predicted octanol–water partition coefficient (Wildman–Crippen LogP) is 4.44. The first-order chi connectivity index (χ1) is 8.96. The molecule has 1 nitrogen and oxygen atoms in total. The van der Waals surface area contributed by atoms with Crippen molar-refractivity contribution in [2.75, 3.05) is 0 Å². The van der Waals surface area contributed by atoms with Crippen molar-refractivity contribution >= 4 is 0 Å². The summed E-state index contributed by atoms with van der Waals surface area (Å²) in [6.45, 7) is 4.78. The highest BCUT2D eigenvalue weighted by molar-refractivity contribution is 5.29. The van der Waals surface area contributed by atoms with Gasteiger partial charge in [0, 0.05) is 6.42 Å². The van der Waals surface area contributed by atoms with Crippen LogP contribution in [0.15, 0.2) is 24.3 Å². The van der Waals surface area contributed by atoms with Crippen LogP contribution < -0.4 is 0 Å². The van der Waals surface area contributed by atoms with E-state index in [9.17, 15) is 5.11 Å². The lowest BCUT2D eigenvalue weighted by atomic mass is 9.71. The predicted molar refractivity (Wildman–Crippen MR) is 79.3 cm³/mol. The van der Waals surface area contributed by atoms with E-state index in [0.29, 0.717) is 5.41 Å². The van der Waals surface area contributed by atoms with Crippen molar-refractivity contribution < 1.29 is 5.11 Å². The maximum atomic E-state index is 10.1. The SMILES string of the molecule is CC1(C)CCC(c2cccc(CC3(O)CC3)c2)CC1. The molecule has 19 heavy (non-hydrogen) atoms. The third kappa shape index (κ3) is 3.20. The summed E-state index contributed by atoms with van der Waals surface area (Å²) in [5.41, 5.74) is 2.99. The summed E-state index contributed by atoms with van der Waals surface area (Å²) in [6.07, 6.45) is 8.13. The second-order valence-corrected chi connectivity index (χ2v) is 7.58. The Morgan fingerprint density at radius 3 is 2.42 bits per heavy atom. The summed E-state index contributed by atoms with van der Waals surface area (Å²) in [5, 5.41) is 10.1. The van der Waals surface area contributed by atoms with Crippen molar-refractivity contribution in [2.24, 2.45) is 5.41 Å². The molecule has 0 spiro atoms. The van der Waals surface area contributed by atoms with Crippen LogP contribution in [-0.4, -0.2) is 10.7 Å². The molecular weight excluding hydrogens is 232 g/mol. The van der Waals surface area contributed by atoms with Crippen molar-refractivity contribution in [3.05, 3.63) is 35.4 Å². The molecule has 0 radical (unpaired) electrons. The highest BCUT2D eigenvalue weighted by Gasteiger charge is 2.40. The first-order valence-electron chi connectivity index (χ1n) is 7.77. The van der Waals surface area contributed by atoms with Gasteiger partial charge < -0.3 is 5.11 Å². The maximum Gasteiger partial charge on any atom is 0.0690 e. The van der Waals surface area contributed by atoms with E-state index in [1.54, 1.807) is 0 Å². The van der Waals surface area contributed by atoms with Crippen LogP contribution in [0.25, 0.3) is 0 Å². The normalized spacial score (nSPS) is 25.2. The van der Waals surface area contributed by atoms with Gasteiger partial charge in [-0.3, -0.25) is 0 Å². The van der Waals surface area contributed by atoms with Crippen molar-refractivity contribution in [3.63, 3.8) is 0 Å². The molecule has 0 heterocycles. The summed E-state index contributed by atoms with van der Waals surface area (Å²) in [4.78, 5) is 0. The molecule has 1 N–H and O–H groups in total. The van der Waals surface area contributed by atoms with Gasteiger partial charge in [0.1, 0.15) is 0 Å². The van der Waals surface area contributed by atoms with Crippen LogP contribution in [0, 0.1) is 5.41 Å². The Hall–Kier alpha value is -0.820. The minimum absolute atomic E-state index is 0.368. The van der Waals surface area contributed by atoms with Gasteiger partial charge in [-0.25, -0.2) is 0 Å². The molecule has 0 atom stereocenters. The van der Waals surface area contributed by atoms with Gasteiger partial charge in [0.05, 0.1) is 5.60 Å². The first kappa shape index (κ1) is 13.2. The topological polar surface area (TPSA) is 20.2 Å². The zero-order chi connectivity index (χ0) is 13.5. The molecule has 0 unspecified atom stereocenters. The number of aliphatic hydroxyl groups is 1. The van der Waals surface area contributed by atoms with Crippen LogP contribution in [0.2, 0.25) is 0 Å². The van der Waals surface area contributed by atoms with Gasteiger partial charge >= 0.3 is 0 Å². The van der Waals surface area contributed by atoms with Crippen LogP contribution in [0.1, 0.15) is 69.4 Å². The number of hydrogen-bond donors (Lipinski definition) is 1. The monoisotopic (exact) mass is 258 g/mol. The second-order valence-electron chi connectivity index (χ2n) is 7.58. The van der Waals surface area contributed by atoms with Gasteiger partial charge in [0.2, 0.25) is 0 Å². The molecule has 0 saturated heterocycles. The number of rotatable bonds is 3. The molecule has 1 aromatic carbocycles. The number of benzene rings is 1. The zero-order valence-electron chi connectivity index (χ0n) is 12.3. The van der Waals surface area contributed by atoms with E-state index in [1.807, 2.05) is 0 Å². The van der Waals surface area contributed by atoms with Gasteiger partial charge in [-0.2, -0.15) is 0 Å². The molecule has 104 valence electrons. The molecule has 2 aliphatic rings. The van der Waals surface area contributed by atoms with Crippen LogP contribution in [0.5, 0.6) is 0 Å². The Morgan fingerprint density at radius 2 is 1.79 bits per heavy atom. The summed E-state index contributed by atoms with van der Waals surface area (Å²) < 4.78 is 0. The molecule has 2 fully saturated rings. The van der Waals surface area contributed by atoms with E-state index in [1.165, 1.54) is 36.8 Å². The smallest absolute Gasteiger partial charge is 0.0690 e. The fourth-order valence-corrected chi connectivity index (χ4v) is 3.39. The minimum atomic E-state index is -0.368. The summed E-state index contributed by atoms with van der Waals surface area (Å²) in [7, 11) is 0. The number of hydrogen-bond acceptors (Lipinski definition) is 1. The summed E-state index contributed by atoms with van der Waals surface area (Å²) in [6, 6.07) is 8.98. The van der Waals surface area contributed by atoms with Crippen molar-refractivity contribution in [1.82, 2.24) is 0 Å². The molecule has 0 amide bonds. The molecule has 1 heteroatoms. The van der Waals surface area contributed by atoms with E-state index in [4.69, 9.17) is 0 Å². The third-order valence-electron chi connectivity index (χ3n) is 5.12. The van der Waals surface area contributed by atoms with Crippen molar-refractivity contribution in [1.29, 1.82) is 0 Å². The molecule has 3 rings (SSSR count). The largest absolute Gasteiger partial charge is 0.390 e. The van der Waals surface area contributed by atoms with Gasteiger partial charge in [0.15, 0.2) is 0 Å². The Bertz CT molecular complexity index is 447. The summed E-state index contributed by atoms with van der Waals surface area (Å²) in [5.74, 6) is 0.738. The molecule has 0 bridgehead atoms. The lowest BCUT2D eigenvalue weighted by molar-refractivity contribution is 0.151. The van der Waals surface area contributed by atoms with E-state index in [2.05, 4.69) is 38.1 Å². The molecule has 2 aliphatic carbocycles. The van der Waals surface area contributed by atoms with Crippen LogP contribution in [-0.2, 0) is 6.42 Å². The lowest BCUT2D eigenvalue weighted by Gasteiger charge is -2.34. The Kier molecular flexibility index (Phi) is 3.21. The quantitative estimate of drug-likeness (QED) is 0.850. The van der Waals surface area contributed by atoms with E-state index >= 15 is 0 Å². The van der Waals surface area contributed by atoms with Gasteiger partial charge in [-0.1, -0.05) is 38.1 Å². The third-order valence-corrected chi connectivity index (χ3v) is 5.12. The minimum Gasteiger partial charge on any atom is -0.390 e. The van der Waals surface area contributed by atoms with Gasteiger partial charge in [-0.15, -0.1) is 0 Å². The summed E-state index contributed by atoms with van der Waals surface area (Å²) >= 11 is 0. The molecule has 0 aromatic heterocycles. The Labute approximate surface area is 117 Å². The Balaban J connectivity index is 1.69.